The monoisotopic (exact) mass is 578 g/mol. The molecule has 4 heteroatoms. The summed E-state index contributed by atoms with van der Waals surface area (Å²) in [7, 11) is 1.00. The second-order valence-corrected chi connectivity index (χ2v) is 11.7. The highest BCUT2D eigenvalue weighted by molar-refractivity contribution is 6.01. The van der Waals surface area contributed by atoms with Gasteiger partial charge >= 0.3 is 5.97 Å². The number of rotatable bonds is 3. The fourth-order valence-electron chi connectivity index (χ4n) is 7.53. The van der Waals surface area contributed by atoms with Crippen LogP contribution in [-0.2, 0) is 14.3 Å². The average molecular weight is 579 g/mol. The summed E-state index contributed by atoms with van der Waals surface area (Å²) in [5.41, 5.74) is 4.97. The van der Waals surface area contributed by atoms with Crippen molar-refractivity contribution in [3.05, 3.63) is 84.0 Å². The zero-order valence-corrected chi connectivity index (χ0v) is 27.7. The lowest BCUT2D eigenvalue weighted by Crippen LogP contribution is -2.37. The normalized spacial score (nSPS) is 28.6. The van der Waals surface area contributed by atoms with Crippen LogP contribution in [0.5, 0.6) is 0 Å². The third-order valence-corrected chi connectivity index (χ3v) is 9.29. The fraction of sp³-hybridized carbons (Fsp3) is 0.579. The van der Waals surface area contributed by atoms with E-state index < -0.39 is 0 Å². The molecule has 0 radical (unpaired) electrons. The van der Waals surface area contributed by atoms with Gasteiger partial charge in [0.25, 0.3) is 0 Å². The van der Waals surface area contributed by atoms with Crippen molar-refractivity contribution >= 4 is 11.8 Å². The van der Waals surface area contributed by atoms with Gasteiger partial charge in [-0.1, -0.05) is 113 Å². The van der Waals surface area contributed by atoms with Gasteiger partial charge in [-0.25, -0.2) is 0 Å². The number of ether oxygens (including phenoxy) is 1. The van der Waals surface area contributed by atoms with Crippen LogP contribution in [-0.4, -0.2) is 30.6 Å². The first-order chi connectivity index (χ1) is 20.2. The van der Waals surface area contributed by atoms with Crippen molar-refractivity contribution in [2.24, 2.45) is 28.6 Å². The minimum Gasteiger partial charge on any atom is -0.466 e. The Labute approximate surface area is 257 Å². The summed E-state index contributed by atoms with van der Waals surface area (Å²) in [5.74, 6) is 2.10. The van der Waals surface area contributed by atoms with Crippen molar-refractivity contribution < 1.29 is 19.4 Å². The van der Waals surface area contributed by atoms with E-state index in [1.807, 2.05) is 56.3 Å². The lowest BCUT2D eigenvalue weighted by Gasteiger charge is -2.44. The molecule has 234 valence electrons. The van der Waals surface area contributed by atoms with Crippen LogP contribution in [0.15, 0.2) is 84.0 Å². The molecule has 1 aromatic carbocycles. The Morgan fingerprint density at radius 2 is 1.64 bits per heavy atom. The molecule has 2 saturated carbocycles. The lowest BCUT2D eigenvalue weighted by atomic mass is 9.60. The van der Waals surface area contributed by atoms with E-state index in [0.717, 1.165) is 25.9 Å². The molecule has 2 fully saturated rings. The molecule has 0 aliphatic heterocycles. The first-order valence-electron chi connectivity index (χ1n) is 16.1. The van der Waals surface area contributed by atoms with Gasteiger partial charge in [0.1, 0.15) is 0 Å². The van der Waals surface area contributed by atoms with Crippen LogP contribution in [0.4, 0.5) is 0 Å². The Hall–Kier alpha value is -2.72. The molecule has 4 aliphatic rings. The predicted octanol–water partition coefficient (Wildman–Crippen LogP) is 9.47. The molecule has 5 rings (SSSR count). The van der Waals surface area contributed by atoms with E-state index in [-0.39, 0.29) is 17.2 Å². The Balaban J connectivity index is 0.000000455. The number of aliphatic hydroxyl groups is 1. The molecule has 4 aliphatic carbocycles. The fourth-order valence-corrected chi connectivity index (χ4v) is 7.53. The van der Waals surface area contributed by atoms with Crippen LogP contribution >= 0.6 is 0 Å². The molecule has 0 saturated heterocycles. The van der Waals surface area contributed by atoms with Crippen molar-refractivity contribution in [1.29, 1.82) is 0 Å². The summed E-state index contributed by atoms with van der Waals surface area (Å²) >= 11 is 0. The maximum atomic E-state index is 12.0. The molecule has 42 heavy (non-hydrogen) atoms. The Kier molecular flexibility index (Phi) is 16.6. The smallest absolute Gasteiger partial charge is 0.302 e. The highest BCUT2D eigenvalue weighted by Crippen LogP contribution is 2.63. The molecule has 0 aromatic heterocycles. The molecule has 0 bridgehead atoms. The van der Waals surface area contributed by atoms with Gasteiger partial charge < -0.3 is 9.84 Å². The number of allylic oxidation sites excluding steroid dienone is 7. The van der Waals surface area contributed by atoms with Crippen LogP contribution in [0.25, 0.3) is 0 Å². The summed E-state index contributed by atoms with van der Waals surface area (Å²) in [5, 5.41) is 7.00. The Bertz CT molecular complexity index is 1040. The van der Waals surface area contributed by atoms with E-state index >= 15 is 0 Å². The van der Waals surface area contributed by atoms with E-state index in [1.54, 1.807) is 18.6 Å². The van der Waals surface area contributed by atoms with E-state index in [0.29, 0.717) is 23.9 Å². The maximum Gasteiger partial charge on any atom is 0.302 e. The number of fused-ring (bicyclic) bond motifs is 4. The molecule has 3 unspecified atom stereocenters. The second kappa shape index (κ2) is 18.7. The van der Waals surface area contributed by atoms with Crippen molar-refractivity contribution in [1.82, 2.24) is 0 Å². The zero-order chi connectivity index (χ0) is 31.8. The topological polar surface area (TPSA) is 63.6 Å². The van der Waals surface area contributed by atoms with E-state index in [2.05, 4.69) is 44.2 Å². The standard InChI is InChI=1S/C25H34O.C6H6.C4H8O2.C2H6.CH4O/c1-5-13-25-17(2)6-8-19-16-24(4)14-12-21(26)15-20(24)9-10-22(19)23(25)11-7-18(25)3;1-2-4-6-5-3-1;1-3-6-4(2)5;2*1-2/h8,12,14-15,17,22-23H,3,5-7,9-11,13,16H2,1-2,4H3;1-6H;3H2,1-2H3;1-2H3;2H,1H3/t17-,22?,23?,24?,25-;;;;/m1..../s1. The molecule has 5 atom stereocenters. The van der Waals surface area contributed by atoms with Crippen LogP contribution in [0.3, 0.4) is 0 Å². The number of hydrogen-bond donors (Lipinski definition) is 1. The van der Waals surface area contributed by atoms with Gasteiger partial charge in [0.15, 0.2) is 5.78 Å². The van der Waals surface area contributed by atoms with Crippen molar-refractivity contribution in [3.8, 4) is 0 Å². The van der Waals surface area contributed by atoms with Gasteiger partial charge in [0.2, 0.25) is 0 Å². The molecule has 0 amide bonds. The van der Waals surface area contributed by atoms with E-state index in [9.17, 15) is 9.59 Å². The van der Waals surface area contributed by atoms with Crippen molar-refractivity contribution in [2.45, 2.75) is 99.8 Å². The highest BCUT2D eigenvalue weighted by atomic mass is 16.5. The highest BCUT2D eigenvalue weighted by Gasteiger charge is 2.53. The molecule has 4 nitrogen and oxygen atoms in total. The summed E-state index contributed by atoms with van der Waals surface area (Å²) in [6, 6.07) is 12.0. The summed E-state index contributed by atoms with van der Waals surface area (Å²) in [6.45, 7) is 19.4. The third kappa shape index (κ3) is 9.39. The van der Waals surface area contributed by atoms with Gasteiger partial charge in [0, 0.05) is 19.4 Å². The van der Waals surface area contributed by atoms with Crippen LogP contribution in [0, 0.1) is 28.6 Å². The number of benzene rings is 1. The molecule has 1 N–H and O–H groups in total. The average Bonchev–Trinajstić information content (AvgIpc) is 3.18. The summed E-state index contributed by atoms with van der Waals surface area (Å²) in [4.78, 5) is 21.8. The van der Waals surface area contributed by atoms with Crippen LogP contribution in [0.2, 0.25) is 0 Å². The number of aliphatic hydroxyl groups excluding tert-OH is 1. The second-order valence-electron chi connectivity index (χ2n) is 11.7. The molecular formula is C38H58O4. The van der Waals surface area contributed by atoms with Crippen LogP contribution in [0.1, 0.15) is 99.8 Å². The minimum absolute atomic E-state index is 0.0467. The third-order valence-electron chi connectivity index (χ3n) is 9.29. The lowest BCUT2D eigenvalue weighted by molar-refractivity contribution is -0.140. The van der Waals surface area contributed by atoms with Crippen LogP contribution < -0.4 is 0 Å². The first kappa shape index (κ1) is 37.3. The van der Waals surface area contributed by atoms with E-state index in [1.165, 1.54) is 56.6 Å². The number of hydrogen-bond acceptors (Lipinski definition) is 4. The largest absolute Gasteiger partial charge is 0.466 e. The maximum absolute atomic E-state index is 12.0. The quantitative estimate of drug-likeness (QED) is 0.287. The van der Waals surface area contributed by atoms with Gasteiger partial charge in [-0.3, -0.25) is 9.59 Å². The molecule has 1 aromatic rings. The minimum atomic E-state index is -0.211. The summed E-state index contributed by atoms with van der Waals surface area (Å²) in [6.07, 6.45) is 18.2. The molecule has 0 spiro atoms. The number of esters is 1. The zero-order valence-electron chi connectivity index (χ0n) is 27.7. The number of carbonyl (C=O) groups is 2. The SMILES string of the molecule is C=C1CCC2C3CCC4=CC(=O)C=CC4(C)CC3=CC[C@@H](C)[C@]12CCC.CC.CCOC(C)=O.CO.c1ccccc1. The first-order valence-corrected chi connectivity index (χ1v) is 16.1. The molecule has 0 heterocycles. The van der Waals surface area contributed by atoms with Gasteiger partial charge in [0.05, 0.1) is 6.61 Å². The van der Waals surface area contributed by atoms with E-state index in [4.69, 9.17) is 5.11 Å². The van der Waals surface area contributed by atoms with Crippen molar-refractivity contribution in [2.75, 3.05) is 13.7 Å². The van der Waals surface area contributed by atoms with Gasteiger partial charge in [-0.2, -0.15) is 0 Å². The van der Waals surface area contributed by atoms with Gasteiger partial charge in [-0.05, 0) is 87.2 Å². The number of carbonyl (C=O) groups excluding carboxylic acids is 2. The Morgan fingerprint density at radius 1 is 1.05 bits per heavy atom. The number of ketones is 1. The van der Waals surface area contributed by atoms with Gasteiger partial charge in [-0.15, -0.1) is 0 Å². The van der Waals surface area contributed by atoms with Crippen molar-refractivity contribution in [3.63, 3.8) is 0 Å². The molecular weight excluding hydrogens is 520 g/mol. The Morgan fingerprint density at radius 3 is 2.14 bits per heavy atom. The predicted molar refractivity (Wildman–Crippen MR) is 177 cm³/mol. The summed E-state index contributed by atoms with van der Waals surface area (Å²) < 4.78 is 4.40.